The summed E-state index contributed by atoms with van der Waals surface area (Å²) < 4.78 is 5.29. The van der Waals surface area contributed by atoms with Crippen LogP contribution in [0, 0.1) is 11.3 Å². The van der Waals surface area contributed by atoms with Crippen molar-refractivity contribution in [3.05, 3.63) is 29.8 Å². The maximum Gasteiger partial charge on any atom is 0.258 e. The quantitative estimate of drug-likeness (QED) is 0.691. The zero-order chi connectivity index (χ0) is 11.8. The Morgan fingerprint density at radius 3 is 2.94 bits per heavy atom. The summed E-state index contributed by atoms with van der Waals surface area (Å²) in [5, 5.41) is 10.6. The molecule has 0 bridgehead atoms. The van der Waals surface area contributed by atoms with E-state index < -0.39 is 0 Å². The minimum Gasteiger partial charge on any atom is -0.483 e. The first-order valence-electron chi connectivity index (χ1n) is 4.82. The number of carbonyl (C=O) groups is 1. The molecule has 0 unspecified atom stereocenters. The molecule has 0 atom stereocenters. The summed E-state index contributed by atoms with van der Waals surface area (Å²) in [5.41, 5.74) is 6.36. The molecule has 0 aliphatic rings. The van der Waals surface area contributed by atoms with Crippen LogP contribution < -0.4 is 15.8 Å². The first-order chi connectivity index (χ1) is 7.77. The van der Waals surface area contributed by atoms with E-state index in [2.05, 4.69) is 5.32 Å². The van der Waals surface area contributed by atoms with Gasteiger partial charge >= 0.3 is 0 Å². The molecule has 0 heterocycles. The lowest BCUT2D eigenvalue weighted by molar-refractivity contribution is -0.122. The first-order valence-corrected chi connectivity index (χ1v) is 4.82. The summed E-state index contributed by atoms with van der Waals surface area (Å²) in [5.74, 6) is 0.269. The number of hydrogen-bond acceptors (Lipinski definition) is 4. The van der Waals surface area contributed by atoms with Crippen molar-refractivity contribution in [2.24, 2.45) is 5.73 Å². The van der Waals surface area contributed by atoms with Crippen molar-refractivity contribution < 1.29 is 9.53 Å². The molecule has 0 fully saturated rings. The Kier molecular flexibility index (Phi) is 4.83. The zero-order valence-electron chi connectivity index (χ0n) is 8.77. The van der Waals surface area contributed by atoms with Gasteiger partial charge in [-0.15, -0.1) is 0 Å². The second kappa shape index (κ2) is 6.43. The Bertz CT molecular complexity index is 398. The third-order valence-corrected chi connectivity index (χ3v) is 1.92. The number of nitrogens with one attached hydrogen (secondary N) is 1. The molecule has 0 spiro atoms. The Balaban J connectivity index is 2.48. The molecular weight excluding hydrogens is 206 g/mol. The topological polar surface area (TPSA) is 88.1 Å². The van der Waals surface area contributed by atoms with Gasteiger partial charge in [0.2, 0.25) is 0 Å². The molecule has 3 N–H and O–H groups in total. The lowest BCUT2D eigenvalue weighted by Crippen LogP contribution is -2.29. The van der Waals surface area contributed by atoms with Gasteiger partial charge in [0, 0.05) is 12.1 Å². The Morgan fingerprint density at radius 2 is 2.25 bits per heavy atom. The SMILES string of the molecule is N#CCNC(=O)COc1ccccc1CN. The number of nitrogens with zero attached hydrogens (tertiary/aromatic N) is 1. The summed E-state index contributed by atoms with van der Waals surface area (Å²) in [6, 6.07) is 9.06. The molecule has 1 rings (SSSR count). The average molecular weight is 219 g/mol. The van der Waals surface area contributed by atoms with E-state index in [1.165, 1.54) is 0 Å². The number of para-hydroxylation sites is 1. The van der Waals surface area contributed by atoms with E-state index in [0.29, 0.717) is 12.3 Å². The summed E-state index contributed by atoms with van der Waals surface area (Å²) in [7, 11) is 0. The molecule has 16 heavy (non-hydrogen) atoms. The lowest BCUT2D eigenvalue weighted by atomic mass is 10.2. The van der Waals surface area contributed by atoms with Crippen LogP contribution in [0.1, 0.15) is 5.56 Å². The molecule has 0 saturated carbocycles. The molecule has 0 aliphatic heterocycles. The van der Waals surface area contributed by atoms with Gasteiger partial charge in [-0.3, -0.25) is 4.79 Å². The number of nitriles is 1. The van der Waals surface area contributed by atoms with E-state index in [9.17, 15) is 4.79 Å². The number of carbonyl (C=O) groups excluding carboxylic acids is 1. The highest BCUT2D eigenvalue weighted by molar-refractivity contribution is 5.77. The Hall–Kier alpha value is -2.06. The largest absolute Gasteiger partial charge is 0.483 e. The summed E-state index contributed by atoms with van der Waals surface area (Å²) in [6.07, 6.45) is 0. The van der Waals surface area contributed by atoms with E-state index in [0.717, 1.165) is 5.56 Å². The predicted molar refractivity (Wildman–Crippen MR) is 58.5 cm³/mol. The Labute approximate surface area is 93.8 Å². The van der Waals surface area contributed by atoms with Gasteiger partial charge in [-0.2, -0.15) is 5.26 Å². The standard InChI is InChI=1S/C11H13N3O2/c12-5-6-14-11(15)8-16-10-4-2-1-3-9(10)7-13/h1-4H,6-8,13H2,(H,14,15). The molecule has 0 aromatic heterocycles. The van der Waals surface area contributed by atoms with Gasteiger partial charge in [0.05, 0.1) is 6.07 Å². The van der Waals surface area contributed by atoms with E-state index in [1.807, 2.05) is 24.3 Å². The summed E-state index contributed by atoms with van der Waals surface area (Å²) in [6.45, 7) is 0.232. The van der Waals surface area contributed by atoms with E-state index in [1.54, 1.807) is 6.07 Å². The maximum absolute atomic E-state index is 11.2. The molecule has 0 radical (unpaired) electrons. The predicted octanol–water partition coefficient (Wildman–Crippen LogP) is 0.164. The molecule has 1 aromatic carbocycles. The second-order valence-electron chi connectivity index (χ2n) is 3.04. The van der Waals surface area contributed by atoms with Crippen LogP contribution in [-0.2, 0) is 11.3 Å². The third-order valence-electron chi connectivity index (χ3n) is 1.92. The molecule has 84 valence electrons. The molecule has 5 nitrogen and oxygen atoms in total. The zero-order valence-corrected chi connectivity index (χ0v) is 8.77. The number of hydrogen-bond donors (Lipinski definition) is 2. The fraction of sp³-hybridized carbons (Fsp3) is 0.273. The minimum atomic E-state index is -0.326. The number of amides is 1. The smallest absolute Gasteiger partial charge is 0.258 e. The fourth-order valence-corrected chi connectivity index (χ4v) is 1.15. The van der Waals surface area contributed by atoms with Crippen LogP contribution >= 0.6 is 0 Å². The molecule has 1 aromatic rings. The maximum atomic E-state index is 11.2. The van der Waals surface area contributed by atoms with Crippen LogP contribution in [0.2, 0.25) is 0 Å². The number of rotatable bonds is 5. The number of nitrogens with two attached hydrogens (primary N) is 1. The molecule has 0 aliphatic carbocycles. The normalized spacial score (nSPS) is 9.25. The molecule has 1 amide bonds. The molecular formula is C11H13N3O2. The highest BCUT2D eigenvalue weighted by Gasteiger charge is 2.04. The van der Waals surface area contributed by atoms with E-state index in [-0.39, 0.29) is 19.1 Å². The van der Waals surface area contributed by atoms with Crippen LogP contribution in [0.25, 0.3) is 0 Å². The van der Waals surface area contributed by atoms with Crippen LogP contribution in [-0.4, -0.2) is 19.1 Å². The monoisotopic (exact) mass is 219 g/mol. The van der Waals surface area contributed by atoms with Crippen molar-refractivity contribution in [2.75, 3.05) is 13.2 Å². The van der Waals surface area contributed by atoms with Crippen molar-refractivity contribution in [1.82, 2.24) is 5.32 Å². The van der Waals surface area contributed by atoms with Gasteiger partial charge in [0.1, 0.15) is 12.3 Å². The Morgan fingerprint density at radius 1 is 1.50 bits per heavy atom. The lowest BCUT2D eigenvalue weighted by Gasteiger charge is -2.09. The molecule has 0 saturated heterocycles. The van der Waals surface area contributed by atoms with Crippen LogP contribution in [0.5, 0.6) is 5.75 Å². The minimum absolute atomic E-state index is 0.0132. The van der Waals surface area contributed by atoms with E-state index in [4.69, 9.17) is 15.7 Å². The van der Waals surface area contributed by atoms with Crippen molar-refractivity contribution >= 4 is 5.91 Å². The summed E-state index contributed by atoms with van der Waals surface area (Å²) in [4.78, 5) is 11.2. The van der Waals surface area contributed by atoms with Gasteiger partial charge in [-0.1, -0.05) is 18.2 Å². The van der Waals surface area contributed by atoms with Crippen molar-refractivity contribution in [3.63, 3.8) is 0 Å². The molecule has 5 heteroatoms. The second-order valence-corrected chi connectivity index (χ2v) is 3.04. The van der Waals surface area contributed by atoms with Crippen molar-refractivity contribution in [1.29, 1.82) is 5.26 Å². The van der Waals surface area contributed by atoms with Crippen molar-refractivity contribution in [3.8, 4) is 11.8 Å². The third kappa shape index (κ3) is 3.59. The van der Waals surface area contributed by atoms with Gasteiger partial charge < -0.3 is 15.8 Å². The first kappa shape index (κ1) is 12.0. The highest BCUT2D eigenvalue weighted by Crippen LogP contribution is 2.16. The highest BCUT2D eigenvalue weighted by atomic mass is 16.5. The van der Waals surface area contributed by atoms with Crippen LogP contribution in [0.3, 0.4) is 0 Å². The summed E-state index contributed by atoms with van der Waals surface area (Å²) >= 11 is 0. The van der Waals surface area contributed by atoms with Crippen molar-refractivity contribution in [2.45, 2.75) is 6.54 Å². The average Bonchev–Trinajstić information content (AvgIpc) is 2.34. The van der Waals surface area contributed by atoms with Gasteiger partial charge in [0.25, 0.3) is 5.91 Å². The van der Waals surface area contributed by atoms with Crippen LogP contribution in [0.15, 0.2) is 24.3 Å². The van der Waals surface area contributed by atoms with Gasteiger partial charge in [-0.25, -0.2) is 0 Å². The number of benzene rings is 1. The number of ether oxygens (including phenoxy) is 1. The van der Waals surface area contributed by atoms with Gasteiger partial charge in [-0.05, 0) is 6.07 Å². The van der Waals surface area contributed by atoms with Gasteiger partial charge in [0.15, 0.2) is 6.61 Å². The van der Waals surface area contributed by atoms with Crippen LogP contribution in [0.4, 0.5) is 0 Å². The van der Waals surface area contributed by atoms with E-state index >= 15 is 0 Å². The fourth-order valence-electron chi connectivity index (χ4n) is 1.15.